The van der Waals surface area contributed by atoms with Gasteiger partial charge >= 0.3 is 0 Å². The lowest BCUT2D eigenvalue weighted by Crippen LogP contribution is -2.29. The number of ether oxygens (including phenoxy) is 2. The molecular formula is C29H36N4O4S2. The van der Waals surface area contributed by atoms with Gasteiger partial charge in [-0.05, 0) is 49.1 Å². The number of aromatic nitrogens is 1. The zero-order chi connectivity index (χ0) is 28.5. The van der Waals surface area contributed by atoms with E-state index in [1.54, 1.807) is 39.2 Å². The molecule has 0 aliphatic carbocycles. The van der Waals surface area contributed by atoms with E-state index in [2.05, 4.69) is 12.2 Å². The summed E-state index contributed by atoms with van der Waals surface area (Å²) in [6.45, 7) is 5.01. The summed E-state index contributed by atoms with van der Waals surface area (Å²) in [6.07, 6.45) is 7.86. The van der Waals surface area contributed by atoms with Gasteiger partial charge < -0.3 is 14.8 Å². The minimum absolute atomic E-state index is 0.0561. The Bertz CT molecular complexity index is 1360. The highest BCUT2D eigenvalue weighted by molar-refractivity contribution is 8.26. The number of thiocarbonyl (C=S) groups is 1. The van der Waals surface area contributed by atoms with Crippen LogP contribution in [-0.2, 0) is 18.3 Å². The first kappa shape index (κ1) is 30.3. The highest BCUT2D eigenvalue weighted by Crippen LogP contribution is 2.35. The quantitative estimate of drug-likeness (QED) is 0.195. The SMILES string of the molecule is CCCCCCCN1C(=O)/C(=C\c2c(C)c(C#N)c(=O)n(C)c2NCCc2ccc(OC)c(OC)c2)SC1=S. The molecular weight excluding hydrogens is 532 g/mol. The fraction of sp³-hybridized carbons (Fsp3) is 0.448. The maximum Gasteiger partial charge on any atom is 0.270 e. The Kier molecular flexibility index (Phi) is 11.0. The second-order valence-electron chi connectivity index (χ2n) is 9.35. The van der Waals surface area contributed by atoms with Crippen molar-refractivity contribution in [3.05, 3.63) is 55.7 Å². The van der Waals surface area contributed by atoms with E-state index in [-0.39, 0.29) is 17.0 Å². The molecule has 0 bridgehead atoms. The molecule has 1 aliphatic rings. The normalized spacial score (nSPS) is 14.2. The van der Waals surface area contributed by atoms with Crippen molar-refractivity contribution in [1.82, 2.24) is 9.47 Å². The number of anilines is 1. The van der Waals surface area contributed by atoms with Crippen LogP contribution in [0.5, 0.6) is 11.5 Å². The molecule has 0 saturated carbocycles. The number of nitriles is 1. The van der Waals surface area contributed by atoms with Crippen molar-refractivity contribution in [2.75, 3.05) is 32.6 Å². The van der Waals surface area contributed by atoms with Crippen LogP contribution in [0.1, 0.15) is 61.3 Å². The minimum atomic E-state index is -0.389. The third-order valence-electron chi connectivity index (χ3n) is 6.79. The standard InChI is InChI=1S/C29H36N4O4S2/c1-6-7-8-9-10-15-33-28(35)25(39-29(33)38)17-21-19(2)22(18-30)27(34)32(3)26(21)31-14-13-20-11-12-23(36-4)24(16-20)37-5/h11-12,16-17,31H,6-10,13-15H2,1-5H3/b25-17+. The molecule has 1 fully saturated rings. The van der Waals surface area contributed by atoms with Gasteiger partial charge in [-0.3, -0.25) is 19.1 Å². The van der Waals surface area contributed by atoms with Gasteiger partial charge in [0.25, 0.3) is 11.5 Å². The fourth-order valence-corrected chi connectivity index (χ4v) is 5.79. The van der Waals surface area contributed by atoms with Crippen LogP contribution in [0.2, 0.25) is 0 Å². The van der Waals surface area contributed by atoms with Crippen LogP contribution in [-0.4, -0.2) is 47.0 Å². The molecule has 2 heterocycles. The third-order valence-corrected chi connectivity index (χ3v) is 8.17. The lowest BCUT2D eigenvalue weighted by atomic mass is 10.0. The van der Waals surface area contributed by atoms with Gasteiger partial charge in [-0.1, -0.05) is 62.7 Å². The Labute approximate surface area is 240 Å². The van der Waals surface area contributed by atoms with E-state index in [4.69, 9.17) is 21.7 Å². The van der Waals surface area contributed by atoms with Crippen LogP contribution < -0.4 is 20.3 Å². The monoisotopic (exact) mass is 568 g/mol. The second kappa shape index (κ2) is 14.2. The Morgan fingerprint density at radius 1 is 1.13 bits per heavy atom. The Hall–Kier alpha value is -3.29. The van der Waals surface area contributed by atoms with Crippen molar-refractivity contribution in [3.8, 4) is 17.6 Å². The summed E-state index contributed by atoms with van der Waals surface area (Å²) in [5.74, 6) is 1.70. The summed E-state index contributed by atoms with van der Waals surface area (Å²) < 4.78 is 12.7. The topological polar surface area (TPSA) is 96.6 Å². The van der Waals surface area contributed by atoms with E-state index in [0.717, 1.165) is 31.2 Å². The molecule has 0 radical (unpaired) electrons. The van der Waals surface area contributed by atoms with Gasteiger partial charge in [0.05, 0.1) is 19.1 Å². The average molecular weight is 569 g/mol. The number of carbonyl (C=O) groups is 1. The number of amides is 1. The first-order valence-electron chi connectivity index (χ1n) is 13.1. The van der Waals surface area contributed by atoms with Gasteiger partial charge in [0.2, 0.25) is 0 Å². The fourth-order valence-electron chi connectivity index (χ4n) is 4.50. The van der Waals surface area contributed by atoms with Crippen LogP contribution in [0.15, 0.2) is 27.9 Å². The Morgan fingerprint density at radius 3 is 2.51 bits per heavy atom. The molecule has 0 unspecified atom stereocenters. The van der Waals surface area contributed by atoms with Crippen molar-refractivity contribution in [1.29, 1.82) is 5.26 Å². The lowest BCUT2D eigenvalue weighted by Gasteiger charge is -2.18. The number of thioether (sulfide) groups is 1. The maximum absolute atomic E-state index is 13.3. The first-order chi connectivity index (χ1) is 18.8. The molecule has 1 aromatic heterocycles. The molecule has 1 aliphatic heterocycles. The number of benzene rings is 1. The van der Waals surface area contributed by atoms with E-state index >= 15 is 0 Å². The zero-order valence-electron chi connectivity index (χ0n) is 23.3. The van der Waals surface area contributed by atoms with Crippen molar-refractivity contribution in [2.45, 2.75) is 52.4 Å². The third kappa shape index (κ3) is 7.02. The number of nitrogens with zero attached hydrogens (tertiary/aromatic N) is 3. The van der Waals surface area contributed by atoms with Crippen molar-refractivity contribution in [3.63, 3.8) is 0 Å². The zero-order valence-corrected chi connectivity index (χ0v) is 24.9. The largest absolute Gasteiger partial charge is 0.493 e. The maximum atomic E-state index is 13.3. The molecule has 10 heteroatoms. The number of hydrogen-bond acceptors (Lipinski definition) is 8. The van der Waals surface area contributed by atoms with Gasteiger partial charge in [0.1, 0.15) is 21.8 Å². The summed E-state index contributed by atoms with van der Waals surface area (Å²) in [6, 6.07) is 7.76. The van der Waals surface area contributed by atoms with Crippen LogP contribution in [0, 0.1) is 18.3 Å². The number of methoxy groups -OCH3 is 2. The summed E-state index contributed by atoms with van der Waals surface area (Å²) in [5, 5.41) is 13.0. The lowest BCUT2D eigenvalue weighted by molar-refractivity contribution is -0.122. The Balaban J connectivity index is 1.87. The van der Waals surface area contributed by atoms with E-state index in [9.17, 15) is 14.9 Å². The molecule has 0 atom stereocenters. The van der Waals surface area contributed by atoms with Gasteiger partial charge in [0, 0.05) is 25.7 Å². The number of pyridine rings is 1. The van der Waals surface area contributed by atoms with Crippen LogP contribution in [0.4, 0.5) is 5.82 Å². The smallest absolute Gasteiger partial charge is 0.270 e. The molecule has 3 rings (SSSR count). The summed E-state index contributed by atoms with van der Waals surface area (Å²) >= 11 is 6.78. The van der Waals surface area contributed by atoms with Crippen LogP contribution >= 0.6 is 24.0 Å². The molecule has 2 aromatic rings. The van der Waals surface area contributed by atoms with Gasteiger partial charge in [-0.2, -0.15) is 5.26 Å². The molecule has 1 amide bonds. The molecule has 8 nitrogen and oxygen atoms in total. The van der Waals surface area contributed by atoms with Crippen molar-refractivity contribution in [2.24, 2.45) is 7.05 Å². The second-order valence-corrected chi connectivity index (χ2v) is 11.0. The first-order valence-corrected chi connectivity index (χ1v) is 14.3. The predicted molar refractivity (Wildman–Crippen MR) is 162 cm³/mol. The predicted octanol–water partition coefficient (Wildman–Crippen LogP) is 5.41. The number of nitrogens with one attached hydrogen (secondary N) is 1. The molecule has 208 valence electrons. The number of hydrogen-bond donors (Lipinski definition) is 1. The van der Waals surface area contributed by atoms with Gasteiger partial charge in [-0.15, -0.1) is 0 Å². The minimum Gasteiger partial charge on any atom is -0.493 e. The van der Waals surface area contributed by atoms with Gasteiger partial charge in [-0.25, -0.2) is 0 Å². The van der Waals surface area contributed by atoms with E-state index in [0.29, 0.717) is 57.2 Å². The highest BCUT2D eigenvalue weighted by Gasteiger charge is 2.32. The van der Waals surface area contributed by atoms with E-state index in [1.165, 1.54) is 22.7 Å². The number of rotatable bonds is 13. The van der Waals surface area contributed by atoms with E-state index in [1.807, 2.05) is 24.3 Å². The summed E-state index contributed by atoms with van der Waals surface area (Å²) in [5.41, 5.74) is 1.85. The molecule has 1 saturated heterocycles. The van der Waals surface area contributed by atoms with Crippen LogP contribution in [0.3, 0.4) is 0 Å². The molecule has 1 N–H and O–H groups in total. The van der Waals surface area contributed by atoms with Crippen LogP contribution in [0.25, 0.3) is 6.08 Å². The molecule has 0 spiro atoms. The average Bonchev–Trinajstić information content (AvgIpc) is 3.20. The van der Waals surface area contributed by atoms with Gasteiger partial charge in [0.15, 0.2) is 11.5 Å². The highest BCUT2D eigenvalue weighted by atomic mass is 32.2. The molecule has 39 heavy (non-hydrogen) atoms. The number of carbonyl (C=O) groups excluding carboxylic acids is 1. The van der Waals surface area contributed by atoms with Crippen molar-refractivity contribution < 1.29 is 14.3 Å². The number of unbranched alkanes of at least 4 members (excludes halogenated alkanes) is 4. The summed E-state index contributed by atoms with van der Waals surface area (Å²) in [7, 11) is 4.81. The van der Waals surface area contributed by atoms with Crippen molar-refractivity contribution >= 4 is 46.1 Å². The Morgan fingerprint density at radius 2 is 1.85 bits per heavy atom. The molecule has 1 aromatic carbocycles. The van der Waals surface area contributed by atoms with E-state index < -0.39 is 0 Å². The summed E-state index contributed by atoms with van der Waals surface area (Å²) in [4.78, 5) is 28.3.